The summed E-state index contributed by atoms with van der Waals surface area (Å²) in [4.78, 5) is 37.8. The fourth-order valence-electron chi connectivity index (χ4n) is 12.9. The van der Waals surface area contributed by atoms with Crippen molar-refractivity contribution in [1.29, 1.82) is 0 Å². The van der Waals surface area contributed by atoms with E-state index in [4.69, 9.17) is 18.9 Å². The first-order chi connectivity index (χ1) is 50.6. The Balaban J connectivity index is 3.96. The maximum Gasteiger partial charge on any atom is 0.361 e. The van der Waals surface area contributed by atoms with Gasteiger partial charge >= 0.3 is 17.9 Å². The molecule has 0 aromatic heterocycles. The van der Waals surface area contributed by atoms with Crippen molar-refractivity contribution >= 4 is 17.9 Å². The van der Waals surface area contributed by atoms with Gasteiger partial charge in [0.25, 0.3) is 6.29 Å². The zero-order valence-electron chi connectivity index (χ0n) is 68.5. The monoisotopic (exact) mass is 1440 g/mol. The van der Waals surface area contributed by atoms with Gasteiger partial charge in [0.05, 0.1) is 34.4 Å². The normalized spacial score (nSPS) is 13.1. The lowest BCUT2D eigenvalue weighted by Crippen LogP contribution is -2.40. The minimum atomic E-state index is -1.51. The Bertz CT molecular complexity index is 2070. The molecule has 0 fully saturated rings. The molecule has 0 saturated heterocycles. The van der Waals surface area contributed by atoms with Gasteiger partial charge < -0.3 is 28.5 Å². The van der Waals surface area contributed by atoms with E-state index in [-0.39, 0.29) is 38.2 Å². The first-order valence-corrected chi connectivity index (χ1v) is 44.1. The van der Waals surface area contributed by atoms with Crippen LogP contribution < -0.4 is 0 Å². The van der Waals surface area contributed by atoms with Crippen molar-refractivity contribution in [3.05, 3.63) is 109 Å². The number of ether oxygens (including phenoxy) is 4. The van der Waals surface area contributed by atoms with Crippen molar-refractivity contribution in [2.24, 2.45) is 0 Å². The van der Waals surface area contributed by atoms with E-state index in [2.05, 4.69) is 123 Å². The number of carboxylic acids is 1. The molecule has 2 unspecified atom stereocenters. The summed E-state index contributed by atoms with van der Waals surface area (Å²) in [6.07, 6.45) is 116. The first-order valence-electron chi connectivity index (χ1n) is 44.1. The molecule has 0 heterocycles. The number of nitrogens with zero attached hydrogens (tertiary/aromatic N) is 1. The lowest BCUT2D eigenvalue weighted by molar-refractivity contribution is -0.870. The third kappa shape index (κ3) is 85.1. The summed E-state index contributed by atoms with van der Waals surface area (Å²) in [6.45, 7) is 4.82. The van der Waals surface area contributed by atoms with Gasteiger partial charge in [0.1, 0.15) is 13.2 Å². The highest BCUT2D eigenvalue weighted by Crippen LogP contribution is 2.20. The van der Waals surface area contributed by atoms with E-state index in [0.29, 0.717) is 17.4 Å². The van der Waals surface area contributed by atoms with E-state index in [9.17, 15) is 19.5 Å². The molecule has 0 amide bonds. The molecule has 0 spiro atoms. The van der Waals surface area contributed by atoms with Crippen molar-refractivity contribution in [3.8, 4) is 0 Å². The smallest absolute Gasteiger partial charge is 0.361 e. The molecule has 2 atom stereocenters. The second-order valence-corrected chi connectivity index (χ2v) is 30.8. The Morgan fingerprint density at radius 2 is 0.553 bits per heavy atom. The number of rotatable bonds is 82. The van der Waals surface area contributed by atoms with Crippen LogP contribution in [-0.2, 0) is 33.3 Å². The predicted molar refractivity (Wildman–Crippen MR) is 447 cm³/mol. The zero-order chi connectivity index (χ0) is 74.6. The highest BCUT2D eigenvalue weighted by molar-refractivity contribution is 5.71. The molecular weight excluding hydrogens is 1270 g/mol. The highest BCUT2D eigenvalue weighted by atomic mass is 16.7. The van der Waals surface area contributed by atoms with E-state index in [1.165, 1.54) is 295 Å². The van der Waals surface area contributed by atoms with Crippen LogP contribution in [0.1, 0.15) is 412 Å². The van der Waals surface area contributed by atoms with Gasteiger partial charge in [0.15, 0.2) is 6.10 Å². The Labute approximate surface area is 638 Å². The Morgan fingerprint density at radius 1 is 0.301 bits per heavy atom. The fourth-order valence-corrected chi connectivity index (χ4v) is 12.9. The van der Waals surface area contributed by atoms with E-state index in [1.807, 2.05) is 21.1 Å². The second-order valence-electron chi connectivity index (χ2n) is 30.8. The van der Waals surface area contributed by atoms with Gasteiger partial charge in [0, 0.05) is 12.8 Å². The van der Waals surface area contributed by atoms with Crippen LogP contribution in [0.2, 0.25) is 0 Å². The summed E-state index contributed by atoms with van der Waals surface area (Å²) >= 11 is 0. The number of carbonyl (C=O) groups is 3. The summed E-state index contributed by atoms with van der Waals surface area (Å²) in [5, 5.41) is 9.79. The number of carboxylic acid groups (broad SMARTS) is 1. The quantitative estimate of drug-likeness (QED) is 0.0211. The Morgan fingerprint density at radius 3 is 0.835 bits per heavy atom. The first kappa shape index (κ1) is 98.9. The van der Waals surface area contributed by atoms with Crippen molar-refractivity contribution in [3.63, 3.8) is 0 Å². The van der Waals surface area contributed by atoms with Gasteiger partial charge in [-0.25, -0.2) is 4.79 Å². The Kier molecular flexibility index (Phi) is 80.3. The number of aliphatic carboxylic acids is 1. The fraction of sp³-hybridized carbons (Fsp3) is 0.777. The summed E-state index contributed by atoms with van der Waals surface area (Å²) in [7, 11) is 6.00. The molecule has 0 aliphatic heterocycles. The molecule has 103 heavy (non-hydrogen) atoms. The molecule has 0 aromatic carbocycles. The standard InChI is InChI=1S/C94H167NO8/c1-6-8-10-12-14-16-18-20-22-24-26-28-30-32-34-36-38-40-42-44-45-46-47-49-51-53-55-57-59-61-63-65-67-69-71-73-75-77-79-81-83-85-92(97)103-90(89-102-94(93(98)99)100-87-86-95(3,4)5)88-101-91(96)84-82-80-78-76-74-72-70-68-66-64-62-60-58-56-54-52-50-48-43-41-39-37-35-33-31-29-27-25-23-21-19-17-15-13-11-9-7-2/h8,10,14,16,20,22,25-28,32,34,38,40,44-45,47,49,90,94H,6-7,9,11-13,15,17-19,21,23-24,29-31,33,35-37,39,41-43,46,48,50-89H2,1-5H3/p+1/b10-8-,16-14-,22-20-,27-25-,28-26-,34-32-,40-38-,45-44-,49-47-. The van der Waals surface area contributed by atoms with Crippen molar-refractivity contribution < 1.29 is 42.9 Å². The minimum absolute atomic E-state index is 0.180. The molecular formula is C94H168NO8+. The number of hydrogen-bond acceptors (Lipinski definition) is 7. The van der Waals surface area contributed by atoms with Crippen LogP contribution in [0, 0.1) is 0 Å². The van der Waals surface area contributed by atoms with Crippen LogP contribution in [0.5, 0.6) is 0 Å². The van der Waals surface area contributed by atoms with Crippen LogP contribution in [-0.4, -0.2) is 87.4 Å². The third-order valence-corrected chi connectivity index (χ3v) is 19.5. The van der Waals surface area contributed by atoms with Crippen molar-refractivity contribution in [2.45, 2.75) is 424 Å². The lowest BCUT2D eigenvalue weighted by atomic mass is 10.0. The second kappa shape index (κ2) is 83.6. The molecule has 1 N–H and O–H groups in total. The topological polar surface area (TPSA) is 108 Å². The summed E-state index contributed by atoms with van der Waals surface area (Å²) in [5.41, 5.74) is 0. The molecule has 0 aliphatic rings. The van der Waals surface area contributed by atoms with Crippen LogP contribution in [0.4, 0.5) is 0 Å². The van der Waals surface area contributed by atoms with Crippen LogP contribution in [0.15, 0.2) is 109 Å². The third-order valence-electron chi connectivity index (χ3n) is 19.5. The van der Waals surface area contributed by atoms with E-state index < -0.39 is 18.4 Å². The maximum atomic E-state index is 13.0. The molecule has 0 aromatic rings. The number of carbonyl (C=O) groups excluding carboxylic acids is 2. The molecule has 0 aliphatic carbocycles. The average molecular weight is 1440 g/mol. The molecule has 0 bridgehead atoms. The number of quaternary nitrogens is 1. The van der Waals surface area contributed by atoms with Crippen LogP contribution in [0.25, 0.3) is 0 Å². The molecule has 0 saturated carbocycles. The van der Waals surface area contributed by atoms with Gasteiger partial charge in [-0.1, -0.05) is 406 Å². The molecule has 0 radical (unpaired) electrons. The van der Waals surface area contributed by atoms with E-state index >= 15 is 0 Å². The van der Waals surface area contributed by atoms with Crippen LogP contribution in [0.3, 0.4) is 0 Å². The van der Waals surface area contributed by atoms with Gasteiger partial charge in [0.2, 0.25) is 0 Å². The molecule has 596 valence electrons. The van der Waals surface area contributed by atoms with Gasteiger partial charge in [-0.15, -0.1) is 0 Å². The highest BCUT2D eigenvalue weighted by Gasteiger charge is 2.25. The minimum Gasteiger partial charge on any atom is -0.477 e. The van der Waals surface area contributed by atoms with Gasteiger partial charge in [-0.2, -0.15) is 0 Å². The predicted octanol–water partition coefficient (Wildman–Crippen LogP) is 28.8. The van der Waals surface area contributed by atoms with E-state index in [1.54, 1.807) is 0 Å². The number of unbranched alkanes of at least 4 members (excludes halogenated alkanes) is 49. The zero-order valence-corrected chi connectivity index (χ0v) is 68.5. The number of esters is 2. The number of hydrogen-bond donors (Lipinski definition) is 1. The summed E-state index contributed by atoms with van der Waals surface area (Å²) in [6, 6.07) is 0. The molecule has 0 rings (SSSR count). The van der Waals surface area contributed by atoms with E-state index in [0.717, 1.165) is 89.9 Å². The SMILES string of the molecule is CC/C=C\C/C=C\C/C=C\C/C=C\C/C=C\C/C=C\C/C=C\C/C=C\CCCCCCCCCCCCCCCCCCC(=O)OC(COC(=O)CCCCCCCCCCCCCCCCCCCCCCCCCCC/C=C\CCCCCCCCCC)COC(OCC[N+](C)(C)C)C(=O)O. The molecule has 9 nitrogen and oxygen atoms in total. The average Bonchev–Trinajstić information content (AvgIpc) is 1.01. The van der Waals surface area contributed by atoms with Gasteiger partial charge in [-0.05, 0) is 103 Å². The largest absolute Gasteiger partial charge is 0.477 e. The van der Waals surface area contributed by atoms with Crippen molar-refractivity contribution in [1.82, 2.24) is 0 Å². The molecule has 9 heteroatoms. The van der Waals surface area contributed by atoms with Gasteiger partial charge in [-0.3, -0.25) is 9.59 Å². The summed E-state index contributed by atoms with van der Waals surface area (Å²) < 4.78 is 23.1. The maximum absolute atomic E-state index is 13.0. The summed E-state index contributed by atoms with van der Waals surface area (Å²) in [5.74, 6) is -1.98. The number of likely N-dealkylation sites (N-methyl/N-ethyl adjacent to an activating group) is 1. The van der Waals surface area contributed by atoms with Crippen LogP contribution >= 0.6 is 0 Å². The van der Waals surface area contributed by atoms with Crippen molar-refractivity contribution in [2.75, 3.05) is 47.5 Å². The number of allylic oxidation sites excluding steroid dienone is 18. The lowest BCUT2D eigenvalue weighted by Gasteiger charge is -2.25. The Hall–Kier alpha value is -4.05.